The van der Waals surface area contributed by atoms with E-state index < -0.39 is 28.4 Å². The highest BCUT2D eigenvalue weighted by Gasteiger charge is 2.30. The molecule has 0 spiro atoms. The van der Waals surface area contributed by atoms with Gasteiger partial charge >= 0.3 is 6.61 Å². The second kappa shape index (κ2) is 9.45. The number of hydrogen-bond acceptors (Lipinski definition) is 5. The molecule has 3 rings (SSSR count). The van der Waals surface area contributed by atoms with E-state index in [2.05, 4.69) is 10.1 Å². The van der Waals surface area contributed by atoms with Gasteiger partial charge < -0.3 is 10.1 Å². The maximum Gasteiger partial charge on any atom is 0.387 e. The van der Waals surface area contributed by atoms with E-state index in [9.17, 15) is 26.4 Å². The predicted molar refractivity (Wildman–Crippen MR) is 103 cm³/mol. The Labute approximate surface area is 172 Å². The van der Waals surface area contributed by atoms with Crippen LogP contribution in [0, 0.1) is 5.82 Å². The van der Waals surface area contributed by atoms with Crippen molar-refractivity contribution in [3.63, 3.8) is 0 Å². The first-order valence-corrected chi connectivity index (χ1v) is 10.5. The topological polar surface area (TPSA) is 79.0 Å². The van der Waals surface area contributed by atoms with E-state index in [1.165, 1.54) is 40.7 Å². The van der Waals surface area contributed by atoms with E-state index in [-0.39, 0.29) is 49.1 Å². The molecule has 0 unspecified atom stereocenters. The molecule has 0 aliphatic carbocycles. The number of rotatable bonds is 7. The summed E-state index contributed by atoms with van der Waals surface area (Å²) in [6.45, 7) is -2.37. The molecule has 1 fully saturated rings. The van der Waals surface area contributed by atoms with Gasteiger partial charge in [-0.15, -0.1) is 0 Å². The third-order valence-electron chi connectivity index (χ3n) is 4.53. The lowest BCUT2D eigenvalue weighted by atomic mass is 10.3. The van der Waals surface area contributed by atoms with Crippen LogP contribution >= 0.6 is 0 Å². The highest BCUT2D eigenvalue weighted by atomic mass is 32.2. The zero-order valence-corrected chi connectivity index (χ0v) is 16.6. The summed E-state index contributed by atoms with van der Waals surface area (Å²) in [6.07, 6.45) is 0. The minimum Gasteiger partial charge on any atom is -0.433 e. The van der Waals surface area contributed by atoms with Gasteiger partial charge in [0, 0.05) is 26.2 Å². The number of benzene rings is 2. The summed E-state index contributed by atoms with van der Waals surface area (Å²) in [5.41, 5.74) is 0.114. The molecule has 0 bridgehead atoms. The molecule has 1 aliphatic heterocycles. The summed E-state index contributed by atoms with van der Waals surface area (Å²) < 4.78 is 69.6. The first-order chi connectivity index (χ1) is 14.3. The number of amides is 1. The summed E-state index contributed by atoms with van der Waals surface area (Å²) >= 11 is 0. The van der Waals surface area contributed by atoms with E-state index in [4.69, 9.17) is 0 Å². The molecule has 2 aromatic carbocycles. The second-order valence-electron chi connectivity index (χ2n) is 6.53. The van der Waals surface area contributed by atoms with Gasteiger partial charge in [0.05, 0.1) is 12.2 Å². The molecule has 0 radical (unpaired) electrons. The number of alkyl halides is 2. The Bertz CT molecular complexity index is 996. The van der Waals surface area contributed by atoms with Crippen molar-refractivity contribution in [1.82, 2.24) is 9.21 Å². The maximum absolute atomic E-state index is 13.9. The number of anilines is 1. The van der Waals surface area contributed by atoms with Gasteiger partial charge in [0.25, 0.3) is 0 Å². The lowest BCUT2D eigenvalue weighted by molar-refractivity contribution is -0.117. The standard InChI is InChI=1S/C19H20F3N3O4S/c20-14-5-1-4-8-17(14)30(27,28)25-11-9-24(10-12-25)13-18(26)23-15-6-2-3-7-16(15)29-19(21)22/h1-8,19H,9-13H2,(H,23,26). The highest BCUT2D eigenvalue weighted by molar-refractivity contribution is 7.89. The van der Waals surface area contributed by atoms with Crippen LogP contribution in [0.3, 0.4) is 0 Å². The smallest absolute Gasteiger partial charge is 0.387 e. The largest absolute Gasteiger partial charge is 0.433 e. The zero-order chi connectivity index (χ0) is 21.7. The van der Waals surface area contributed by atoms with Gasteiger partial charge in [-0.05, 0) is 24.3 Å². The molecule has 0 atom stereocenters. The molecule has 1 N–H and O–H groups in total. The van der Waals surface area contributed by atoms with Gasteiger partial charge in [0.2, 0.25) is 15.9 Å². The van der Waals surface area contributed by atoms with Crippen molar-refractivity contribution in [3.05, 3.63) is 54.3 Å². The van der Waals surface area contributed by atoms with Gasteiger partial charge in [0.15, 0.2) is 0 Å². The number of halogens is 3. The number of para-hydroxylation sites is 2. The maximum atomic E-state index is 13.9. The van der Waals surface area contributed by atoms with Gasteiger partial charge in [-0.1, -0.05) is 24.3 Å². The van der Waals surface area contributed by atoms with Crippen molar-refractivity contribution < 1.29 is 31.1 Å². The number of nitrogens with one attached hydrogen (secondary N) is 1. The molecule has 0 saturated carbocycles. The fourth-order valence-electron chi connectivity index (χ4n) is 3.08. The fraction of sp³-hybridized carbons (Fsp3) is 0.316. The number of nitrogens with zero attached hydrogens (tertiary/aromatic N) is 2. The monoisotopic (exact) mass is 443 g/mol. The van der Waals surface area contributed by atoms with Gasteiger partial charge in [-0.25, -0.2) is 12.8 Å². The van der Waals surface area contributed by atoms with Crippen molar-refractivity contribution in [3.8, 4) is 5.75 Å². The SMILES string of the molecule is O=C(CN1CCN(S(=O)(=O)c2ccccc2F)CC1)Nc1ccccc1OC(F)F. The van der Waals surface area contributed by atoms with Crippen LogP contribution in [0.4, 0.5) is 18.9 Å². The molecule has 1 amide bonds. The summed E-state index contributed by atoms with van der Waals surface area (Å²) in [4.78, 5) is 13.6. The summed E-state index contributed by atoms with van der Waals surface area (Å²) in [5.74, 6) is -1.42. The molecule has 162 valence electrons. The minimum absolute atomic E-state index is 0.0589. The van der Waals surface area contributed by atoms with E-state index in [1.54, 1.807) is 11.0 Å². The van der Waals surface area contributed by atoms with Crippen LogP contribution in [0.15, 0.2) is 53.4 Å². The summed E-state index contributed by atoms with van der Waals surface area (Å²) in [5, 5.41) is 2.52. The Morgan fingerprint density at radius 2 is 1.67 bits per heavy atom. The second-order valence-corrected chi connectivity index (χ2v) is 8.44. The summed E-state index contributed by atoms with van der Waals surface area (Å²) in [7, 11) is -3.97. The van der Waals surface area contributed by atoms with Crippen LogP contribution in [0.25, 0.3) is 0 Å². The Morgan fingerprint density at radius 1 is 1.03 bits per heavy atom. The number of piperazine rings is 1. The molecule has 1 saturated heterocycles. The van der Waals surface area contributed by atoms with Crippen LogP contribution in [-0.4, -0.2) is 62.9 Å². The summed E-state index contributed by atoms with van der Waals surface area (Å²) in [6, 6.07) is 11.0. The van der Waals surface area contributed by atoms with E-state index in [1.807, 2.05) is 0 Å². The Morgan fingerprint density at radius 3 is 2.33 bits per heavy atom. The van der Waals surface area contributed by atoms with Crippen molar-refractivity contribution in [2.24, 2.45) is 0 Å². The highest BCUT2D eigenvalue weighted by Crippen LogP contribution is 2.25. The molecule has 30 heavy (non-hydrogen) atoms. The van der Waals surface area contributed by atoms with Crippen LogP contribution in [-0.2, 0) is 14.8 Å². The van der Waals surface area contributed by atoms with Crippen LogP contribution in [0.2, 0.25) is 0 Å². The first kappa shape index (κ1) is 22.1. The number of ether oxygens (including phenoxy) is 1. The molecule has 1 aliphatic rings. The first-order valence-electron chi connectivity index (χ1n) is 9.08. The fourth-order valence-corrected chi connectivity index (χ4v) is 4.57. The molecular weight excluding hydrogens is 423 g/mol. The normalized spacial score (nSPS) is 15.9. The number of carbonyl (C=O) groups is 1. The Balaban J connectivity index is 1.56. The van der Waals surface area contributed by atoms with Crippen LogP contribution < -0.4 is 10.1 Å². The van der Waals surface area contributed by atoms with E-state index in [0.29, 0.717) is 0 Å². The van der Waals surface area contributed by atoms with Crippen molar-refractivity contribution in [2.75, 3.05) is 38.0 Å². The Kier molecular flexibility index (Phi) is 6.95. The average Bonchev–Trinajstić information content (AvgIpc) is 2.69. The molecule has 0 aromatic heterocycles. The molecular formula is C19H20F3N3O4S. The molecule has 11 heteroatoms. The average molecular weight is 443 g/mol. The van der Waals surface area contributed by atoms with Crippen LogP contribution in [0.1, 0.15) is 0 Å². The van der Waals surface area contributed by atoms with Gasteiger partial charge in [0.1, 0.15) is 16.5 Å². The molecule has 7 nitrogen and oxygen atoms in total. The van der Waals surface area contributed by atoms with E-state index >= 15 is 0 Å². The van der Waals surface area contributed by atoms with E-state index in [0.717, 1.165) is 6.07 Å². The Hall–Kier alpha value is -2.63. The zero-order valence-electron chi connectivity index (χ0n) is 15.8. The van der Waals surface area contributed by atoms with Crippen molar-refractivity contribution in [2.45, 2.75) is 11.5 Å². The lowest BCUT2D eigenvalue weighted by Gasteiger charge is -2.33. The number of sulfonamides is 1. The lowest BCUT2D eigenvalue weighted by Crippen LogP contribution is -2.50. The quantitative estimate of drug-likeness (QED) is 0.711. The third kappa shape index (κ3) is 5.29. The molecule has 2 aromatic rings. The van der Waals surface area contributed by atoms with Crippen molar-refractivity contribution in [1.29, 1.82) is 0 Å². The molecule has 1 heterocycles. The minimum atomic E-state index is -3.97. The predicted octanol–water partition coefficient (Wildman–Crippen LogP) is 2.37. The van der Waals surface area contributed by atoms with Crippen LogP contribution in [0.5, 0.6) is 5.75 Å². The van der Waals surface area contributed by atoms with Gasteiger partial charge in [-0.3, -0.25) is 9.69 Å². The third-order valence-corrected chi connectivity index (χ3v) is 6.46. The van der Waals surface area contributed by atoms with Gasteiger partial charge in [-0.2, -0.15) is 13.1 Å². The van der Waals surface area contributed by atoms with Crippen molar-refractivity contribution >= 4 is 21.6 Å². The number of carbonyl (C=O) groups excluding carboxylic acids is 1. The number of hydrogen-bond donors (Lipinski definition) is 1.